The first-order chi connectivity index (χ1) is 15.8. The van der Waals surface area contributed by atoms with Crippen LogP contribution in [0.5, 0.6) is 5.75 Å². The molecule has 1 aromatic heterocycles. The third-order valence-electron chi connectivity index (χ3n) is 5.27. The number of benzene rings is 2. The van der Waals surface area contributed by atoms with Crippen LogP contribution >= 0.6 is 15.9 Å². The number of amides is 2. The lowest BCUT2D eigenvalue weighted by Crippen LogP contribution is -2.45. The van der Waals surface area contributed by atoms with E-state index >= 15 is 0 Å². The number of nitriles is 1. The Kier molecular flexibility index (Phi) is 5.43. The molecule has 0 aliphatic carbocycles. The third kappa shape index (κ3) is 3.16. The van der Waals surface area contributed by atoms with E-state index in [-0.39, 0.29) is 22.8 Å². The van der Waals surface area contributed by atoms with Crippen molar-refractivity contribution in [3.8, 4) is 11.8 Å². The van der Waals surface area contributed by atoms with Gasteiger partial charge in [0.05, 0.1) is 5.39 Å². The van der Waals surface area contributed by atoms with E-state index in [1.54, 1.807) is 56.6 Å². The summed E-state index contributed by atoms with van der Waals surface area (Å²) in [5.41, 5.74) is 4.49. The number of rotatable bonds is 1. The Morgan fingerprint density at radius 1 is 1.15 bits per heavy atom. The molecule has 0 unspecified atom stereocenters. The van der Waals surface area contributed by atoms with Crippen molar-refractivity contribution in [3.05, 3.63) is 79.9 Å². The van der Waals surface area contributed by atoms with Crippen molar-refractivity contribution in [2.75, 3.05) is 19.4 Å². The SMILES string of the molecule is CN(C)C=O.N#CC1=C(N)Oc2c(c(=O)oc3ccccc23)[C@]12C(=O)Nc1cccc(Br)c12. The van der Waals surface area contributed by atoms with E-state index in [1.165, 1.54) is 4.90 Å². The van der Waals surface area contributed by atoms with Gasteiger partial charge in [-0.15, -0.1) is 0 Å². The zero-order valence-corrected chi connectivity index (χ0v) is 19.1. The Bertz CT molecular complexity index is 1450. The highest BCUT2D eigenvalue weighted by Crippen LogP contribution is 2.55. The topological polar surface area (TPSA) is 139 Å². The minimum absolute atomic E-state index is 0.0694. The standard InChI is InChI=1S/C20H10BrN3O4.C3H7NO/c21-11-5-3-6-12-14(11)20(19(26)24-12)10(8-22)17(23)28-16-9-4-1-2-7-13(9)27-18(25)15(16)20;1-4(2)3-5/h1-7H,23H2,(H,24,26);3H,1-2H3/t20-;/m0./s1. The summed E-state index contributed by atoms with van der Waals surface area (Å²) >= 11 is 3.45. The molecule has 5 rings (SSSR count). The Hall–Kier alpha value is -4.10. The van der Waals surface area contributed by atoms with Gasteiger partial charge in [-0.3, -0.25) is 9.59 Å². The Labute approximate surface area is 196 Å². The molecule has 10 heteroatoms. The molecule has 1 spiro atoms. The normalized spacial score (nSPS) is 17.8. The number of nitrogens with two attached hydrogens (primary N) is 1. The minimum atomic E-state index is -1.77. The van der Waals surface area contributed by atoms with E-state index < -0.39 is 16.9 Å². The van der Waals surface area contributed by atoms with Crippen molar-refractivity contribution < 1.29 is 18.7 Å². The van der Waals surface area contributed by atoms with Gasteiger partial charge in [-0.2, -0.15) is 5.26 Å². The van der Waals surface area contributed by atoms with Crippen molar-refractivity contribution in [1.29, 1.82) is 5.26 Å². The number of carbonyl (C=O) groups is 2. The van der Waals surface area contributed by atoms with Gasteiger partial charge in [0.25, 0.3) is 0 Å². The number of nitrogens with zero attached hydrogens (tertiary/aromatic N) is 2. The molecule has 0 saturated heterocycles. The number of fused-ring (bicyclic) bond motifs is 6. The quantitative estimate of drug-likeness (QED) is 0.380. The van der Waals surface area contributed by atoms with E-state index in [4.69, 9.17) is 14.9 Å². The zero-order chi connectivity index (χ0) is 23.9. The first kappa shape index (κ1) is 22.1. The fourth-order valence-corrected chi connectivity index (χ4v) is 4.64. The Morgan fingerprint density at radius 2 is 1.85 bits per heavy atom. The van der Waals surface area contributed by atoms with Crippen molar-refractivity contribution >= 4 is 44.9 Å². The number of carbonyl (C=O) groups excluding carboxylic acids is 2. The van der Waals surface area contributed by atoms with Crippen LogP contribution in [0.2, 0.25) is 0 Å². The summed E-state index contributed by atoms with van der Waals surface area (Å²) in [6, 6.07) is 13.9. The summed E-state index contributed by atoms with van der Waals surface area (Å²) in [5.74, 6) is -0.687. The van der Waals surface area contributed by atoms with Crippen LogP contribution in [0, 0.1) is 11.3 Å². The maximum Gasteiger partial charge on any atom is 0.345 e. The van der Waals surface area contributed by atoms with Gasteiger partial charge in [0.2, 0.25) is 18.2 Å². The van der Waals surface area contributed by atoms with Crippen LogP contribution in [0.3, 0.4) is 0 Å². The summed E-state index contributed by atoms with van der Waals surface area (Å²) < 4.78 is 11.7. The Morgan fingerprint density at radius 3 is 2.52 bits per heavy atom. The van der Waals surface area contributed by atoms with E-state index in [2.05, 4.69) is 21.2 Å². The predicted molar refractivity (Wildman–Crippen MR) is 123 cm³/mol. The molecule has 0 bridgehead atoms. The highest BCUT2D eigenvalue weighted by molar-refractivity contribution is 9.10. The van der Waals surface area contributed by atoms with Crippen LogP contribution in [-0.2, 0) is 15.0 Å². The number of ether oxygens (including phenoxy) is 1. The second kappa shape index (κ2) is 8.11. The summed E-state index contributed by atoms with van der Waals surface area (Å²) in [4.78, 5) is 37.3. The van der Waals surface area contributed by atoms with Crippen LogP contribution < -0.4 is 21.4 Å². The van der Waals surface area contributed by atoms with Crippen LogP contribution in [0.4, 0.5) is 5.69 Å². The highest BCUT2D eigenvalue weighted by Gasteiger charge is 2.59. The maximum absolute atomic E-state index is 13.3. The zero-order valence-electron chi connectivity index (χ0n) is 17.5. The van der Waals surface area contributed by atoms with Crippen molar-refractivity contribution in [2.24, 2.45) is 5.73 Å². The summed E-state index contributed by atoms with van der Waals surface area (Å²) in [7, 11) is 3.38. The largest absolute Gasteiger partial charge is 0.439 e. The van der Waals surface area contributed by atoms with Crippen LogP contribution in [0.1, 0.15) is 11.1 Å². The van der Waals surface area contributed by atoms with Gasteiger partial charge in [0.1, 0.15) is 22.8 Å². The van der Waals surface area contributed by atoms with Crippen LogP contribution in [-0.4, -0.2) is 31.3 Å². The van der Waals surface area contributed by atoms with E-state index in [9.17, 15) is 19.6 Å². The van der Waals surface area contributed by atoms with Crippen LogP contribution in [0.25, 0.3) is 11.0 Å². The lowest BCUT2D eigenvalue weighted by atomic mass is 9.69. The summed E-state index contributed by atoms with van der Waals surface area (Å²) in [6.07, 6.45) is 0.750. The van der Waals surface area contributed by atoms with Gasteiger partial charge in [0.15, 0.2) is 11.2 Å². The molecule has 2 amide bonds. The molecular formula is C23H17BrN4O5. The number of halogens is 1. The van der Waals surface area contributed by atoms with Crippen molar-refractivity contribution in [3.63, 3.8) is 0 Å². The number of para-hydroxylation sites is 1. The van der Waals surface area contributed by atoms with Gasteiger partial charge in [0, 0.05) is 29.8 Å². The molecule has 1 atom stereocenters. The molecular weight excluding hydrogens is 492 g/mol. The molecule has 0 fully saturated rings. The Balaban J connectivity index is 0.000000471. The number of anilines is 1. The average Bonchev–Trinajstić information content (AvgIpc) is 3.07. The number of hydrogen-bond donors (Lipinski definition) is 2. The molecule has 33 heavy (non-hydrogen) atoms. The predicted octanol–water partition coefficient (Wildman–Crippen LogP) is 2.58. The third-order valence-corrected chi connectivity index (χ3v) is 5.93. The summed E-state index contributed by atoms with van der Waals surface area (Å²) in [6.45, 7) is 0. The number of nitrogens with one attached hydrogen (secondary N) is 1. The average molecular weight is 509 g/mol. The monoisotopic (exact) mass is 508 g/mol. The molecule has 0 radical (unpaired) electrons. The molecule has 2 aliphatic heterocycles. The molecule has 3 N–H and O–H groups in total. The van der Waals surface area contributed by atoms with E-state index in [1.807, 2.05) is 6.07 Å². The van der Waals surface area contributed by atoms with Crippen LogP contribution in [0.15, 0.2) is 67.6 Å². The lowest BCUT2D eigenvalue weighted by molar-refractivity contribution is -0.118. The smallest absolute Gasteiger partial charge is 0.345 e. The fraction of sp³-hybridized carbons (Fsp3) is 0.130. The van der Waals surface area contributed by atoms with Gasteiger partial charge >= 0.3 is 5.63 Å². The maximum atomic E-state index is 13.3. The number of hydrogen-bond acceptors (Lipinski definition) is 7. The van der Waals surface area contributed by atoms with Crippen molar-refractivity contribution in [2.45, 2.75) is 5.41 Å². The minimum Gasteiger partial charge on any atom is -0.439 e. The molecule has 0 saturated carbocycles. The van der Waals surface area contributed by atoms with Gasteiger partial charge in [-0.1, -0.05) is 34.1 Å². The molecule has 2 aromatic carbocycles. The van der Waals surface area contributed by atoms with Gasteiger partial charge < -0.3 is 25.1 Å². The first-order valence-electron chi connectivity index (χ1n) is 9.64. The molecule has 3 aromatic rings. The van der Waals surface area contributed by atoms with Crippen molar-refractivity contribution in [1.82, 2.24) is 4.90 Å². The summed E-state index contributed by atoms with van der Waals surface area (Å²) in [5, 5.41) is 13.1. The molecule has 2 aliphatic rings. The van der Waals surface area contributed by atoms with Gasteiger partial charge in [-0.05, 0) is 24.3 Å². The second-order valence-electron chi connectivity index (χ2n) is 7.48. The molecule has 166 valence electrons. The fourth-order valence-electron chi connectivity index (χ4n) is 3.98. The second-order valence-corrected chi connectivity index (χ2v) is 8.33. The first-order valence-corrected chi connectivity index (χ1v) is 10.4. The van der Waals surface area contributed by atoms with E-state index in [0.29, 0.717) is 26.7 Å². The molecule has 9 nitrogen and oxygen atoms in total. The van der Waals surface area contributed by atoms with E-state index in [0.717, 1.165) is 6.41 Å². The lowest BCUT2D eigenvalue weighted by Gasteiger charge is -2.33. The highest BCUT2D eigenvalue weighted by atomic mass is 79.9. The molecule has 3 heterocycles. The van der Waals surface area contributed by atoms with Gasteiger partial charge in [-0.25, -0.2) is 4.79 Å².